The summed E-state index contributed by atoms with van der Waals surface area (Å²) in [6.07, 6.45) is 0. The number of hydrogen-bond donors (Lipinski definition) is 0. The number of aromatic nitrogens is 2. The fraction of sp³-hybridized carbons (Fsp3) is 0.500. The molecule has 0 amide bonds. The summed E-state index contributed by atoms with van der Waals surface area (Å²) in [5.41, 5.74) is 2.34. The molecule has 0 saturated carbocycles. The minimum atomic E-state index is 0.475. The van der Waals surface area contributed by atoms with Crippen molar-refractivity contribution in [3.05, 3.63) is 48.3 Å². The van der Waals surface area contributed by atoms with Crippen LogP contribution in [0.25, 0.3) is 11.0 Å². The van der Waals surface area contributed by atoms with Gasteiger partial charge in [-0.05, 0) is 43.3 Å². The van der Waals surface area contributed by atoms with E-state index < -0.39 is 0 Å². The van der Waals surface area contributed by atoms with Crippen molar-refractivity contribution in [2.24, 2.45) is 13.0 Å². The number of benzene rings is 2. The fourth-order valence-corrected chi connectivity index (χ4v) is 3.96. The molecule has 0 saturated heterocycles. The van der Waals surface area contributed by atoms with Crippen LogP contribution in [0.15, 0.2) is 42.5 Å². The predicted octanol–water partition coefficient (Wildman–Crippen LogP) is 4.43. The van der Waals surface area contributed by atoms with Crippen LogP contribution in [-0.2, 0) is 20.2 Å². The Balaban J connectivity index is 1.84. The van der Waals surface area contributed by atoms with Crippen LogP contribution in [-0.4, -0.2) is 42.8 Å². The molecule has 1 heterocycles. The lowest BCUT2D eigenvalue weighted by molar-refractivity contribution is -0.686. The van der Waals surface area contributed by atoms with Crippen molar-refractivity contribution in [1.29, 1.82) is 0 Å². The number of methoxy groups -OCH3 is 1. The molecule has 0 atom stereocenters. The SMILES string of the molecule is CCN(CC)CCOc1ccc2c(c1)n(C)c(COc1cccc(OC)c1)[n+]2CC(C)C. The molecular weight excluding hydrogens is 402 g/mol. The molecule has 0 bridgehead atoms. The summed E-state index contributed by atoms with van der Waals surface area (Å²) < 4.78 is 22.1. The van der Waals surface area contributed by atoms with Crippen LogP contribution >= 0.6 is 0 Å². The molecule has 0 radical (unpaired) electrons. The maximum Gasteiger partial charge on any atom is 0.295 e. The monoisotopic (exact) mass is 440 g/mol. The molecule has 0 unspecified atom stereocenters. The first-order valence-electron chi connectivity index (χ1n) is 11.6. The van der Waals surface area contributed by atoms with E-state index in [1.54, 1.807) is 7.11 Å². The fourth-order valence-electron chi connectivity index (χ4n) is 3.96. The number of rotatable bonds is 12. The van der Waals surface area contributed by atoms with Gasteiger partial charge in [0.15, 0.2) is 17.6 Å². The number of fused-ring (bicyclic) bond motifs is 1. The van der Waals surface area contributed by atoms with Crippen molar-refractivity contribution in [3.8, 4) is 17.2 Å². The summed E-state index contributed by atoms with van der Waals surface area (Å²) in [6.45, 7) is 14.0. The summed E-state index contributed by atoms with van der Waals surface area (Å²) in [4.78, 5) is 2.37. The Kier molecular flexibility index (Phi) is 8.39. The Morgan fingerprint density at radius 3 is 2.38 bits per heavy atom. The van der Waals surface area contributed by atoms with Gasteiger partial charge in [0.1, 0.15) is 23.9 Å². The van der Waals surface area contributed by atoms with Gasteiger partial charge in [-0.15, -0.1) is 0 Å². The quantitative estimate of drug-likeness (QED) is 0.391. The predicted molar refractivity (Wildman–Crippen MR) is 129 cm³/mol. The summed E-state index contributed by atoms with van der Waals surface area (Å²) in [6, 6.07) is 14.1. The molecule has 3 aromatic rings. The van der Waals surface area contributed by atoms with E-state index in [-0.39, 0.29) is 0 Å². The lowest BCUT2D eigenvalue weighted by atomic mass is 10.2. The van der Waals surface area contributed by atoms with Crippen LogP contribution < -0.4 is 18.8 Å². The Bertz CT molecular complexity index is 1010. The zero-order valence-electron chi connectivity index (χ0n) is 20.4. The normalized spacial score (nSPS) is 11.5. The lowest BCUT2D eigenvalue weighted by Gasteiger charge is -2.17. The molecular formula is C26H38N3O3+. The molecule has 0 N–H and O–H groups in total. The van der Waals surface area contributed by atoms with Crippen LogP contribution in [0.5, 0.6) is 17.2 Å². The molecule has 0 aliphatic heterocycles. The molecule has 0 fully saturated rings. The summed E-state index contributed by atoms with van der Waals surface area (Å²) in [5.74, 6) is 4.14. The lowest BCUT2D eigenvalue weighted by Crippen LogP contribution is -2.40. The van der Waals surface area contributed by atoms with E-state index in [1.165, 1.54) is 5.52 Å². The van der Waals surface area contributed by atoms with Crippen molar-refractivity contribution in [2.45, 2.75) is 40.8 Å². The maximum absolute atomic E-state index is 6.15. The minimum Gasteiger partial charge on any atom is -0.497 e. The molecule has 32 heavy (non-hydrogen) atoms. The van der Waals surface area contributed by atoms with E-state index in [2.05, 4.69) is 67.0 Å². The van der Waals surface area contributed by atoms with Gasteiger partial charge >= 0.3 is 0 Å². The van der Waals surface area contributed by atoms with E-state index in [4.69, 9.17) is 14.2 Å². The number of likely N-dealkylation sites (N-methyl/N-ethyl adjacent to an activating group) is 1. The summed E-state index contributed by atoms with van der Waals surface area (Å²) in [5, 5.41) is 0. The van der Waals surface area contributed by atoms with E-state index >= 15 is 0 Å². The van der Waals surface area contributed by atoms with Gasteiger partial charge in [0.2, 0.25) is 0 Å². The van der Waals surface area contributed by atoms with Crippen LogP contribution in [0, 0.1) is 5.92 Å². The second-order valence-corrected chi connectivity index (χ2v) is 8.47. The molecule has 0 spiro atoms. The van der Waals surface area contributed by atoms with Crippen molar-refractivity contribution in [2.75, 3.05) is 33.4 Å². The standard InChI is InChI=1S/C26H38N3O3/c1-7-28(8-2)14-15-31-23-12-13-24-25(17-23)27(5)26(29(24)18-20(3)4)19-32-22-11-9-10-21(16-22)30-6/h9-13,16-17,20H,7-8,14-15,18-19H2,1-6H3/q+1. The second kappa shape index (κ2) is 11.2. The Hall–Kier alpha value is -2.73. The maximum atomic E-state index is 6.15. The van der Waals surface area contributed by atoms with Crippen molar-refractivity contribution >= 4 is 11.0 Å². The Morgan fingerprint density at radius 1 is 0.969 bits per heavy atom. The molecule has 6 heteroatoms. The van der Waals surface area contributed by atoms with E-state index in [1.807, 2.05) is 24.3 Å². The van der Waals surface area contributed by atoms with Gasteiger partial charge in [-0.1, -0.05) is 33.8 Å². The average Bonchev–Trinajstić information content (AvgIpc) is 3.05. The van der Waals surface area contributed by atoms with Gasteiger partial charge in [0.25, 0.3) is 5.82 Å². The average molecular weight is 441 g/mol. The molecule has 0 aliphatic carbocycles. The molecule has 174 valence electrons. The van der Waals surface area contributed by atoms with Crippen molar-refractivity contribution in [1.82, 2.24) is 9.47 Å². The summed E-state index contributed by atoms with van der Waals surface area (Å²) in [7, 11) is 3.77. The molecule has 6 nitrogen and oxygen atoms in total. The highest BCUT2D eigenvalue weighted by molar-refractivity contribution is 5.74. The Labute approximate surface area is 192 Å². The van der Waals surface area contributed by atoms with E-state index in [0.717, 1.165) is 54.8 Å². The Morgan fingerprint density at radius 2 is 1.69 bits per heavy atom. The van der Waals surface area contributed by atoms with E-state index in [9.17, 15) is 0 Å². The molecule has 2 aromatic carbocycles. The van der Waals surface area contributed by atoms with Crippen molar-refractivity contribution < 1.29 is 18.8 Å². The van der Waals surface area contributed by atoms with Crippen LogP contribution in [0.2, 0.25) is 0 Å². The molecule has 1 aromatic heterocycles. The van der Waals surface area contributed by atoms with Crippen molar-refractivity contribution in [3.63, 3.8) is 0 Å². The van der Waals surface area contributed by atoms with Crippen LogP contribution in [0.3, 0.4) is 0 Å². The topological polar surface area (TPSA) is 39.7 Å². The highest BCUT2D eigenvalue weighted by Crippen LogP contribution is 2.23. The first-order chi connectivity index (χ1) is 15.5. The van der Waals surface area contributed by atoms with Gasteiger partial charge in [-0.25, -0.2) is 9.13 Å². The second-order valence-electron chi connectivity index (χ2n) is 8.47. The molecule has 3 rings (SSSR count). The van der Waals surface area contributed by atoms with Gasteiger partial charge in [0, 0.05) is 18.7 Å². The number of imidazole rings is 1. The largest absolute Gasteiger partial charge is 0.497 e. The molecule has 0 aliphatic rings. The highest BCUT2D eigenvalue weighted by Gasteiger charge is 2.24. The zero-order valence-corrected chi connectivity index (χ0v) is 20.4. The third-order valence-corrected chi connectivity index (χ3v) is 5.83. The van der Waals surface area contributed by atoms with Gasteiger partial charge < -0.3 is 19.1 Å². The van der Waals surface area contributed by atoms with Crippen LogP contribution in [0.1, 0.15) is 33.5 Å². The summed E-state index contributed by atoms with van der Waals surface area (Å²) >= 11 is 0. The van der Waals surface area contributed by atoms with Gasteiger partial charge in [-0.2, -0.15) is 0 Å². The smallest absolute Gasteiger partial charge is 0.295 e. The van der Waals surface area contributed by atoms with Gasteiger partial charge in [-0.3, -0.25) is 0 Å². The van der Waals surface area contributed by atoms with Gasteiger partial charge in [0.05, 0.1) is 20.7 Å². The highest BCUT2D eigenvalue weighted by atomic mass is 16.5. The third-order valence-electron chi connectivity index (χ3n) is 5.83. The zero-order chi connectivity index (χ0) is 23.1. The van der Waals surface area contributed by atoms with E-state index in [0.29, 0.717) is 19.1 Å². The number of aryl methyl sites for hydroxylation is 1. The number of nitrogens with zero attached hydrogens (tertiary/aromatic N) is 3. The number of hydrogen-bond acceptors (Lipinski definition) is 4. The minimum absolute atomic E-state index is 0.475. The first kappa shape index (κ1) is 23.9. The number of ether oxygens (including phenoxy) is 3. The first-order valence-corrected chi connectivity index (χ1v) is 11.6. The van der Waals surface area contributed by atoms with Crippen LogP contribution in [0.4, 0.5) is 0 Å². The third kappa shape index (κ3) is 5.74.